The Morgan fingerprint density at radius 1 is 1.52 bits per heavy atom. The van der Waals surface area contributed by atoms with Crippen molar-refractivity contribution in [2.24, 2.45) is 11.8 Å². The van der Waals surface area contributed by atoms with E-state index < -0.39 is 0 Å². The van der Waals surface area contributed by atoms with Gasteiger partial charge in [-0.1, -0.05) is 6.92 Å². The Morgan fingerprint density at radius 2 is 2.33 bits per heavy atom. The van der Waals surface area contributed by atoms with Crippen LogP contribution in [0.2, 0.25) is 0 Å². The van der Waals surface area contributed by atoms with Gasteiger partial charge in [0.1, 0.15) is 5.69 Å². The van der Waals surface area contributed by atoms with E-state index in [2.05, 4.69) is 23.2 Å². The van der Waals surface area contributed by atoms with Gasteiger partial charge >= 0.3 is 0 Å². The summed E-state index contributed by atoms with van der Waals surface area (Å²) < 4.78 is 0. The quantitative estimate of drug-likeness (QED) is 0.678. The molecule has 0 spiro atoms. The number of anilines is 1. The van der Waals surface area contributed by atoms with Crippen molar-refractivity contribution in [1.82, 2.24) is 5.32 Å². The highest BCUT2D eigenvalue weighted by atomic mass is 16.6. The van der Waals surface area contributed by atoms with Crippen LogP contribution in [-0.2, 0) is 0 Å². The van der Waals surface area contributed by atoms with E-state index in [4.69, 9.17) is 5.26 Å². The van der Waals surface area contributed by atoms with E-state index in [1.807, 2.05) is 0 Å². The Kier molecular flexibility index (Phi) is 3.52. The highest BCUT2D eigenvalue weighted by Crippen LogP contribution is 2.41. The summed E-state index contributed by atoms with van der Waals surface area (Å²) in [6.45, 7) is 4.90. The average Bonchev–Trinajstić information content (AvgIpc) is 3.06. The average molecular weight is 286 g/mol. The van der Waals surface area contributed by atoms with Gasteiger partial charge in [0.05, 0.1) is 16.6 Å². The zero-order chi connectivity index (χ0) is 15.0. The van der Waals surface area contributed by atoms with E-state index in [0.29, 0.717) is 29.1 Å². The molecule has 6 heteroatoms. The van der Waals surface area contributed by atoms with Crippen LogP contribution in [0, 0.1) is 33.3 Å². The third-order valence-electron chi connectivity index (χ3n) is 4.75. The second kappa shape index (κ2) is 5.34. The molecule has 21 heavy (non-hydrogen) atoms. The maximum absolute atomic E-state index is 11.3. The molecule has 1 aromatic carbocycles. The molecule has 3 rings (SSSR count). The van der Waals surface area contributed by atoms with E-state index in [-0.39, 0.29) is 10.6 Å². The largest absolute Gasteiger partial charge is 0.362 e. The maximum atomic E-state index is 11.3. The van der Waals surface area contributed by atoms with Crippen molar-refractivity contribution in [3.63, 3.8) is 0 Å². The Bertz CT molecular complexity index is 610. The topological polar surface area (TPSA) is 82.2 Å². The third-order valence-corrected chi connectivity index (χ3v) is 4.75. The Hall–Kier alpha value is -2.13. The van der Waals surface area contributed by atoms with Crippen molar-refractivity contribution in [2.45, 2.75) is 19.4 Å². The van der Waals surface area contributed by atoms with E-state index in [0.717, 1.165) is 26.1 Å². The van der Waals surface area contributed by atoms with Crippen molar-refractivity contribution in [3.8, 4) is 6.07 Å². The minimum absolute atomic E-state index is 0.0976. The van der Waals surface area contributed by atoms with E-state index in [1.54, 1.807) is 6.07 Å². The first-order chi connectivity index (χ1) is 10.2. The van der Waals surface area contributed by atoms with Gasteiger partial charge in [-0.05, 0) is 30.4 Å². The number of fused-ring (bicyclic) bond motifs is 1. The summed E-state index contributed by atoms with van der Waals surface area (Å²) in [5.41, 5.74) is 1.17. The summed E-state index contributed by atoms with van der Waals surface area (Å²) in [6.07, 6.45) is 0.955. The Labute approximate surface area is 123 Å². The molecule has 0 aromatic heterocycles. The van der Waals surface area contributed by atoms with Gasteiger partial charge < -0.3 is 10.2 Å². The first kappa shape index (κ1) is 13.8. The van der Waals surface area contributed by atoms with Crippen LogP contribution in [0.5, 0.6) is 0 Å². The van der Waals surface area contributed by atoms with Gasteiger partial charge in [0.2, 0.25) is 0 Å². The van der Waals surface area contributed by atoms with Crippen LogP contribution in [0.3, 0.4) is 0 Å². The Morgan fingerprint density at radius 3 is 3.00 bits per heavy atom. The maximum Gasteiger partial charge on any atom is 0.292 e. The molecule has 2 fully saturated rings. The molecule has 0 bridgehead atoms. The molecule has 2 aliphatic rings. The number of nitriles is 1. The smallest absolute Gasteiger partial charge is 0.292 e. The standard InChI is InChI=1S/C15H18N4O2/c1-2-13-12-8-17-7-11(12)9-18(13)15-5-10(6-16)3-4-14(15)19(20)21/h3-5,11-13,17H,2,7-9H2,1H3. The summed E-state index contributed by atoms with van der Waals surface area (Å²) in [5, 5.41) is 23.8. The van der Waals surface area contributed by atoms with Crippen LogP contribution in [-0.4, -0.2) is 30.6 Å². The minimum Gasteiger partial charge on any atom is -0.362 e. The van der Waals surface area contributed by atoms with Gasteiger partial charge in [0.15, 0.2) is 0 Å². The summed E-state index contributed by atoms with van der Waals surface area (Å²) in [6, 6.07) is 7.01. The molecule has 0 saturated carbocycles. The molecule has 110 valence electrons. The molecular weight excluding hydrogens is 268 g/mol. The SMILES string of the molecule is CCC1C2CNCC2CN1c1cc(C#N)ccc1[N+](=O)[O-]. The zero-order valence-electron chi connectivity index (χ0n) is 12.0. The molecule has 1 aromatic rings. The van der Waals surface area contributed by atoms with E-state index >= 15 is 0 Å². The first-order valence-electron chi connectivity index (χ1n) is 7.31. The normalized spacial score (nSPS) is 27.4. The van der Waals surface area contributed by atoms with Gasteiger partial charge in [0.25, 0.3) is 5.69 Å². The highest BCUT2D eigenvalue weighted by molar-refractivity contribution is 5.67. The summed E-state index contributed by atoms with van der Waals surface area (Å²) in [5.74, 6) is 1.08. The van der Waals surface area contributed by atoms with Crippen molar-refractivity contribution in [1.29, 1.82) is 5.26 Å². The van der Waals surface area contributed by atoms with E-state index in [1.165, 1.54) is 12.1 Å². The molecular formula is C15H18N4O2. The zero-order valence-corrected chi connectivity index (χ0v) is 12.0. The van der Waals surface area contributed by atoms with Gasteiger partial charge in [-0.15, -0.1) is 0 Å². The summed E-state index contributed by atoms with van der Waals surface area (Å²) >= 11 is 0. The predicted octanol–water partition coefficient (Wildman–Crippen LogP) is 1.90. The molecule has 1 N–H and O–H groups in total. The van der Waals surface area contributed by atoms with Gasteiger partial charge in [-0.2, -0.15) is 5.26 Å². The number of rotatable bonds is 3. The molecule has 2 saturated heterocycles. The molecule has 2 aliphatic heterocycles. The van der Waals surface area contributed by atoms with Crippen LogP contribution >= 0.6 is 0 Å². The Balaban J connectivity index is 2.03. The molecule has 0 amide bonds. The highest BCUT2D eigenvalue weighted by Gasteiger charge is 2.44. The lowest BCUT2D eigenvalue weighted by Crippen LogP contribution is -2.35. The van der Waals surface area contributed by atoms with Crippen LogP contribution in [0.1, 0.15) is 18.9 Å². The molecule has 3 atom stereocenters. The van der Waals surface area contributed by atoms with Crippen LogP contribution < -0.4 is 10.2 Å². The molecule has 3 unspecified atom stereocenters. The van der Waals surface area contributed by atoms with Crippen LogP contribution in [0.15, 0.2) is 18.2 Å². The molecule has 2 heterocycles. The monoisotopic (exact) mass is 286 g/mol. The van der Waals surface area contributed by atoms with E-state index in [9.17, 15) is 10.1 Å². The lowest BCUT2D eigenvalue weighted by Gasteiger charge is -2.28. The number of hydrogen-bond donors (Lipinski definition) is 1. The fourth-order valence-corrected chi connectivity index (χ4v) is 3.80. The van der Waals surface area contributed by atoms with Gasteiger partial charge in [-0.3, -0.25) is 10.1 Å². The van der Waals surface area contributed by atoms with Crippen molar-refractivity contribution in [2.75, 3.05) is 24.5 Å². The fraction of sp³-hybridized carbons (Fsp3) is 0.533. The van der Waals surface area contributed by atoms with Crippen molar-refractivity contribution in [3.05, 3.63) is 33.9 Å². The third kappa shape index (κ3) is 2.24. The van der Waals surface area contributed by atoms with Crippen LogP contribution in [0.25, 0.3) is 0 Å². The fourth-order valence-electron chi connectivity index (χ4n) is 3.80. The number of hydrogen-bond acceptors (Lipinski definition) is 5. The number of nitrogens with one attached hydrogen (secondary N) is 1. The molecule has 0 radical (unpaired) electrons. The lowest BCUT2D eigenvalue weighted by atomic mass is 9.93. The van der Waals surface area contributed by atoms with Crippen molar-refractivity contribution < 1.29 is 4.92 Å². The van der Waals surface area contributed by atoms with Crippen LogP contribution in [0.4, 0.5) is 11.4 Å². The number of nitro benzene ring substituents is 1. The number of nitrogens with zero attached hydrogens (tertiary/aromatic N) is 3. The number of nitro groups is 1. The summed E-state index contributed by atoms with van der Waals surface area (Å²) in [7, 11) is 0. The predicted molar refractivity (Wildman–Crippen MR) is 79.1 cm³/mol. The minimum atomic E-state index is -0.352. The van der Waals surface area contributed by atoms with Gasteiger partial charge in [0, 0.05) is 31.7 Å². The number of benzene rings is 1. The lowest BCUT2D eigenvalue weighted by molar-refractivity contribution is -0.384. The molecule has 6 nitrogen and oxygen atoms in total. The second-order valence-corrected chi connectivity index (χ2v) is 5.78. The first-order valence-corrected chi connectivity index (χ1v) is 7.31. The second-order valence-electron chi connectivity index (χ2n) is 5.78. The van der Waals surface area contributed by atoms with Crippen molar-refractivity contribution >= 4 is 11.4 Å². The summed E-state index contributed by atoms with van der Waals surface area (Å²) in [4.78, 5) is 13.1. The van der Waals surface area contributed by atoms with Gasteiger partial charge in [-0.25, -0.2) is 0 Å². The molecule has 0 aliphatic carbocycles.